The molecule has 1 atom stereocenters. The first kappa shape index (κ1) is 20.2. The molecule has 7 heteroatoms. The van der Waals surface area contributed by atoms with Gasteiger partial charge in [0.25, 0.3) is 0 Å². The Labute approximate surface area is 185 Å². The summed E-state index contributed by atoms with van der Waals surface area (Å²) in [6.07, 6.45) is 3.53. The third-order valence-corrected chi connectivity index (χ3v) is 6.03. The van der Waals surface area contributed by atoms with Crippen LogP contribution in [0.15, 0.2) is 71.7 Å². The minimum absolute atomic E-state index is 0.0271. The summed E-state index contributed by atoms with van der Waals surface area (Å²) < 4.78 is 0. The Bertz CT molecular complexity index is 1280. The molecule has 1 aliphatic rings. The summed E-state index contributed by atoms with van der Waals surface area (Å²) in [5.74, 6) is -0.0424. The second kappa shape index (κ2) is 8.80. The van der Waals surface area contributed by atoms with Crippen LogP contribution in [0.4, 0.5) is 5.69 Å². The number of nitrogens with one attached hydrogen (secondary N) is 3. The number of hydrogen-bond acceptors (Lipinski definition) is 4. The summed E-state index contributed by atoms with van der Waals surface area (Å²) in [7, 11) is 0. The topological polar surface area (TPSA) is 93.9 Å². The van der Waals surface area contributed by atoms with Crippen LogP contribution in [-0.4, -0.2) is 39.1 Å². The van der Waals surface area contributed by atoms with E-state index in [1.54, 1.807) is 12.3 Å². The zero-order valence-electron chi connectivity index (χ0n) is 17.7. The average Bonchev–Trinajstić information content (AvgIpc) is 3.35. The van der Waals surface area contributed by atoms with Crippen LogP contribution < -0.4 is 10.7 Å². The molecule has 3 heterocycles. The summed E-state index contributed by atoms with van der Waals surface area (Å²) in [4.78, 5) is 30.9. The van der Waals surface area contributed by atoms with Crippen LogP contribution in [0.2, 0.25) is 0 Å². The van der Waals surface area contributed by atoms with Gasteiger partial charge in [0.15, 0.2) is 5.43 Å². The second-order valence-corrected chi connectivity index (χ2v) is 8.32. The van der Waals surface area contributed by atoms with E-state index in [0.717, 1.165) is 47.5 Å². The fourth-order valence-electron chi connectivity index (χ4n) is 4.39. The number of nitrogens with zero attached hydrogens (tertiary/aromatic N) is 2. The van der Waals surface area contributed by atoms with Crippen molar-refractivity contribution in [1.82, 2.24) is 20.1 Å². The van der Waals surface area contributed by atoms with E-state index in [0.29, 0.717) is 18.5 Å². The Hall–Kier alpha value is -3.71. The SMILES string of the molecule is O=C(Nc1ccc(-c2ccn[nH]2)cc1)[C@@H]1CCCN(Cc2cc(=O)c3ccccc3[nH]2)C1. The molecule has 1 amide bonds. The maximum absolute atomic E-state index is 12.9. The van der Waals surface area contributed by atoms with Gasteiger partial charge in [-0.2, -0.15) is 5.10 Å². The first-order valence-corrected chi connectivity index (χ1v) is 10.9. The van der Waals surface area contributed by atoms with Crippen molar-refractivity contribution in [3.8, 4) is 11.3 Å². The third-order valence-electron chi connectivity index (χ3n) is 6.03. The average molecular weight is 428 g/mol. The molecular formula is C25H25N5O2. The van der Waals surface area contributed by atoms with Gasteiger partial charge in [0.05, 0.1) is 11.6 Å². The number of carbonyl (C=O) groups is 1. The summed E-state index contributed by atoms with van der Waals surface area (Å²) in [5, 5.41) is 10.7. The largest absolute Gasteiger partial charge is 0.357 e. The van der Waals surface area contributed by atoms with Crippen molar-refractivity contribution in [2.45, 2.75) is 19.4 Å². The van der Waals surface area contributed by atoms with Gasteiger partial charge >= 0.3 is 0 Å². The number of piperidine rings is 1. The highest BCUT2D eigenvalue weighted by molar-refractivity contribution is 5.93. The van der Waals surface area contributed by atoms with Gasteiger partial charge in [-0.05, 0) is 55.3 Å². The maximum Gasteiger partial charge on any atom is 0.228 e. The number of carbonyl (C=O) groups excluding carboxylic acids is 1. The van der Waals surface area contributed by atoms with Crippen molar-refractivity contribution in [2.75, 3.05) is 18.4 Å². The number of likely N-dealkylation sites (tertiary alicyclic amines) is 1. The van der Waals surface area contributed by atoms with Crippen LogP contribution in [-0.2, 0) is 11.3 Å². The van der Waals surface area contributed by atoms with Gasteiger partial charge in [0.1, 0.15) is 0 Å². The quantitative estimate of drug-likeness (QED) is 0.452. The molecule has 3 N–H and O–H groups in total. The van der Waals surface area contributed by atoms with Crippen LogP contribution in [0.1, 0.15) is 18.5 Å². The Morgan fingerprint density at radius 3 is 2.78 bits per heavy atom. The predicted octanol–water partition coefficient (Wildman–Crippen LogP) is 3.77. The molecular weight excluding hydrogens is 402 g/mol. The summed E-state index contributed by atoms with van der Waals surface area (Å²) >= 11 is 0. The number of para-hydroxylation sites is 1. The Balaban J connectivity index is 1.23. The molecule has 1 aliphatic heterocycles. The molecule has 0 spiro atoms. The summed E-state index contributed by atoms with van der Waals surface area (Å²) in [6, 6.07) is 18.9. The second-order valence-electron chi connectivity index (χ2n) is 8.32. The molecule has 2 aromatic carbocycles. The van der Waals surface area contributed by atoms with Gasteiger partial charge in [-0.25, -0.2) is 0 Å². The third kappa shape index (κ3) is 4.33. The van der Waals surface area contributed by atoms with Gasteiger partial charge in [-0.15, -0.1) is 0 Å². The summed E-state index contributed by atoms with van der Waals surface area (Å²) in [5.41, 5.74) is 4.50. The van der Waals surface area contributed by atoms with Crippen LogP contribution in [0.3, 0.4) is 0 Å². The lowest BCUT2D eigenvalue weighted by Crippen LogP contribution is -2.40. The number of aromatic amines is 2. The normalized spacial score (nSPS) is 16.8. The number of pyridine rings is 1. The Kier molecular flexibility index (Phi) is 5.56. The van der Waals surface area contributed by atoms with Crippen molar-refractivity contribution < 1.29 is 4.79 Å². The minimum atomic E-state index is -0.0804. The van der Waals surface area contributed by atoms with E-state index in [1.807, 2.05) is 54.6 Å². The molecule has 0 saturated carbocycles. The molecule has 1 fully saturated rings. The Morgan fingerprint density at radius 2 is 1.97 bits per heavy atom. The van der Waals surface area contributed by atoms with Gasteiger partial charge < -0.3 is 10.3 Å². The van der Waals surface area contributed by atoms with E-state index in [4.69, 9.17) is 0 Å². The lowest BCUT2D eigenvalue weighted by atomic mass is 9.96. The zero-order valence-corrected chi connectivity index (χ0v) is 17.7. The fourth-order valence-corrected chi connectivity index (χ4v) is 4.39. The molecule has 5 rings (SSSR count). The molecule has 7 nitrogen and oxygen atoms in total. The molecule has 32 heavy (non-hydrogen) atoms. The highest BCUT2D eigenvalue weighted by Gasteiger charge is 2.26. The van der Waals surface area contributed by atoms with E-state index in [2.05, 4.69) is 25.4 Å². The molecule has 2 aromatic heterocycles. The van der Waals surface area contributed by atoms with Crippen molar-refractivity contribution in [3.63, 3.8) is 0 Å². The molecule has 0 bridgehead atoms. The zero-order chi connectivity index (χ0) is 21.9. The monoisotopic (exact) mass is 427 g/mol. The highest BCUT2D eigenvalue weighted by atomic mass is 16.2. The number of hydrogen-bond donors (Lipinski definition) is 3. The lowest BCUT2D eigenvalue weighted by Gasteiger charge is -2.32. The molecule has 4 aromatic rings. The van der Waals surface area contributed by atoms with Crippen LogP contribution in [0.5, 0.6) is 0 Å². The first-order valence-electron chi connectivity index (χ1n) is 10.9. The number of aromatic nitrogens is 3. The maximum atomic E-state index is 12.9. The van der Waals surface area contributed by atoms with Gasteiger partial charge in [-0.1, -0.05) is 24.3 Å². The number of anilines is 1. The van der Waals surface area contributed by atoms with Crippen molar-refractivity contribution in [1.29, 1.82) is 0 Å². The van der Waals surface area contributed by atoms with Gasteiger partial charge in [0, 0.05) is 47.6 Å². The van der Waals surface area contributed by atoms with E-state index in [9.17, 15) is 9.59 Å². The van der Waals surface area contributed by atoms with Crippen molar-refractivity contribution in [2.24, 2.45) is 5.92 Å². The van der Waals surface area contributed by atoms with Crippen LogP contribution in [0, 0.1) is 5.92 Å². The predicted molar refractivity (Wildman–Crippen MR) is 125 cm³/mol. The fraction of sp³-hybridized carbons (Fsp3) is 0.240. The first-order chi connectivity index (χ1) is 15.7. The van der Waals surface area contributed by atoms with E-state index in [1.165, 1.54) is 0 Å². The van der Waals surface area contributed by atoms with E-state index >= 15 is 0 Å². The number of H-pyrrole nitrogens is 2. The van der Waals surface area contributed by atoms with Gasteiger partial charge in [-0.3, -0.25) is 19.6 Å². The molecule has 1 saturated heterocycles. The summed E-state index contributed by atoms with van der Waals surface area (Å²) in [6.45, 7) is 2.22. The number of amides is 1. The van der Waals surface area contributed by atoms with Crippen molar-refractivity contribution >= 4 is 22.5 Å². The molecule has 162 valence electrons. The van der Waals surface area contributed by atoms with Crippen LogP contribution in [0.25, 0.3) is 22.2 Å². The molecule has 0 aliphatic carbocycles. The number of benzene rings is 2. The molecule has 0 radical (unpaired) electrons. The lowest BCUT2D eigenvalue weighted by molar-refractivity contribution is -0.121. The van der Waals surface area contributed by atoms with E-state index < -0.39 is 0 Å². The Morgan fingerprint density at radius 1 is 1.12 bits per heavy atom. The number of rotatable bonds is 5. The smallest absolute Gasteiger partial charge is 0.228 e. The minimum Gasteiger partial charge on any atom is -0.357 e. The van der Waals surface area contributed by atoms with Gasteiger partial charge in [0.2, 0.25) is 5.91 Å². The van der Waals surface area contributed by atoms with Crippen molar-refractivity contribution in [3.05, 3.63) is 82.8 Å². The molecule has 0 unspecified atom stereocenters. The van der Waals surface area contributed by atoms with Crippen LogP contribution >= 0.6 is 0 Å². The highest BCUT2D eigenvalue weighted by Crippen LogP contribution is 2.22. The number of fused-ring (bicyclic) bond motifs is 1. The standard InChI is InChI=1S/C25H25N5O2/c31-24-14-20(27-23-6-2-1-5-21(23)24)16-30-13-3-4-18(15-30)25(32)28-19-9-7-17(8-10-19)22-11-12-26-29-22/h1-2,5-12,14,18H,3-4,13,15-16H2,(H,26,29)(H,27,31)(H,28,32)/t18-/m1/s1. The van der Waals surface area contributed by atoms with E-state index in [-0.39, 0.29) is 17.3 Å².